The zero-order chi connectivity index (χ0) is 15.2. The molecule has 0 aromatic heterocycles. The zero-order valence-corrected chi connectivity index (χ0v) is 12.2. The molecule has 5 heteroatoms. The average Bonchev–Trinajstić information content (AvgIpc) is 2.57. The minimum Gasteiger partial charge on any atom is -0.378 e. The Labute approximate surface area is 129 Å². The standard InChI is InChI=1S/C17H18FN3O/c18-15-6-7-17(21-8-10-22-11-9-21)14(12-15)13-19-20-16-4-2-1-3-5-16/h1-7,12-13,20H,8-11H2. The number of halogens is 1. The van der Waals surface area contributed by atoms with Gasteiger partial charge in [0.2, 0.25) is 0 Å². The number of hydrogen-bond acceptors (Lipinski definition) is 4. The molecule has 1 aliphatic heterocycles. The van der Waals surface area contributed by atoms with Crippen LogP contribution in [0, 0.1) is 5.82 Å². The van der Waals surface area contributed by atoms with Crippen molar-refractivity contribution in [2.24, 2.45) is 5.10 Å². The predicted octanol–water partition coefficient (Wildman–Crippen LogP) is 3.11. The summed E-state index contributed by atoms with van der Waals surface area (Å²) in [5.41, 5.74) is 5.57. The third-order valence-electron chi connectivity index (χ3n) is 3.51. The van der Waals surface area contributed by atoms with Crippen LogP contribution in [0.25, 0.3) is 0 Å². The topological polar surface area (TPSA) is 36.9 Å². The van der Waals surface area contributed by atoms with E-state index in [1.807, 2.05) is 30.3 Å². The lowest BCUT2D eigenvalue weighted by Gasteiger charge is -2.30. The largest absolute Gasteiger partial charge is 0.378 e. The molecule has 4 nitrogen and oxygen atoms in total. The SMILES string of the molecule is Fc1ccc(N2CCOCC2)c(C=NNc2ccccc2)c1. The van der Waals surface area contributed by atoms with Gasteiger partial charge in [0.05, 0.1) is 25.1 Å². The molecule has 0 unspecified atom stereocenters. The van der Waals surface area contributed by atoms with E-state index in [4.69, 9.17) is 4.74 Å². The van der Waals surface area contributed by atoms with Crippen LogP contribution < -0.4 is 10.3 Å². The smallest absolute Gasteiger partial charge is 0.124 e. The van der Waals surface area contributed by atoms with Crippen molar-refractivity contribution in [2.75, 3.05) is 36.6 Å². The molecule has 0 atom stereocenters. The van der Waals surface area contributed by atoms with E-state index >= 15 is 0 Å². The monoisotopic (exact) mass is 299 g/mol. The van der Waals surface area contributed by atoms with Gasteiger partial charge in [0.15, 0.2) is 0 Å². The van der Waals surface area contributed by atoms with Crippen molar-refractivity contribution in [3.8, 4) is 0 Å². The van der Waals surface area contributed by atoms with Crippen molar-refractivity contribution in [1.29, 1.82) is 0 Å². The van der Waals surface area contributed by atoms with Gasteiger partial charge in [-0.3, -0.25) is 5.43 Å². The Hall–Kier alpha value is -2.40. The molecule has 1 saturated heterocycles. The van der Waals surface area contributed by atoms with Gasteiger partial charge in [-0.25, -0.2) is 4.39 Å². The van der Waals surface area contributed by atoms with E-state index in [1.165, 1.54) is 12.1 Å². The molecule has 0 aliphatic carbocycles. The Bertz CT molecular complexity index is 640. The lowest BCUT2D eigenvalue weighted by molar-refractivity contribution is 0.122. The van der Waals surface area contributed by atoms with Gasteiger partial charge < -0.3 is 9.64 Å². The van der Waals surface area contributed by atoms with E-state index in [1.54, 1.807) is 12.3 Å². The number of anilines is 2. The van der Waals surface area contributed by atoms with Gasteiger partial charge in [-0.1, -0.05) is 18.2 Å². The fourth-order valence-electron chi connectivity index (χ4n) is 2.41. The number of hydrogen-bond donors (Lipinski definition) is 1. The third-order valence-corrected chi connectivity index (χ3v) is 3.51. The fourth-order valence-corrected chi connectivity index (χ4v) is 2.41. The van der Waals surface area contributed by atoms with Gasteiger partial charge in [0.1, 0.15) is 5.82 Å². The molecule has 0 bridgehead atoms. The number of hydrazone groups is 1. The maximum atomic E-state index is 13.5. The van der Waals surface area contributed by atoms with Gasteiger partial charge in [-0.15, -0.1) is 0 Å². The van der Waals surface area contributed by atoms with Crippen LogP contribution in [0.1, 0.15) is 5.56 Å². The Morgan fingerprint density at radius 2 is 1.86 bits per heavy atom. The molecule has 0 amide bonds. The molecule has 22 heavy (non-hydrogen) atoms. The van der Waals surface area contributed by atoms with Crippen molar-refractivity contribution >= 4 is 17.6 Å². The molecular formula is C17H18FN3O. The van der Waals surface area contributed by atoms with Gasteiger partial charge in [-0.05, 0) is 30.3 Å². The molecule has 114 valence electrons. The number of nitrogens with one attached hydrogen (secondary N) is 1. The summed E-state index contributed by atoms with van der Waals surface area (Å²) >= 11 is 0. The van der Waals surface area contributed by atoms with Gasteiger partial charge >= 0.3 is 0 Å². The van der Waals surface area contributed by atoms with Crippen LogP contribution in [0.4, 0.5) is 15.8 Å². The number of para-hydroxylation sites is 1. The van der Waals surface area contributed by atoms with Crippen LogP contribution >= 0.6 is 0 Å². The second-order valence-corrected chi connectivity index (χ2v) is 5.04. The predicted molar refractivity (Wildman–Crippen MR) is 87.1 cm³/mol. The number of ether oxygens (including phenoxy) is 1. The molecule has 1 fully saturated rings. The van der Waals surface area contributed by atoms with Crippen LogP contribution in [0.2, 0.25) is 0 Å². The first-order chi connectivity index (χ1) is 10.8. The van der Waals surface area contributed by atoms with Crippen LogP contribution in [0.15, 0.2) is 53.6 Å². The normalized spacial score (nSPS) is 15.2. The molecule has 0 spiro atoms. The first kappa shape index (κ1) is 14.5. The lowest BCUT2D eigenvalue weighted by atomic mass is 10.1. The summed E-state index contributed by atoms with van der Waals surface area (Å²) in [4.78, 5) is 2.19. The number of rotatable bonds is 4. The van der Waals surface area contributed by atoms with Crippen LogP contribution in [-0.2, 0) is 4.74 Å². The first-order valence-corrected chi connectivity index (χ1v) is 7.29. The van der Waals surface area contributed by atoms with E-state index in [2.05, 4.69) is 15.4 Å². The maximum absolute atomic E-state index is 13.5. The second kappa shape index (κ2) is 7.04. The summed E-state index contributed by atoms with van der Waals surface area (Å²) < 4.78 is 18.9. The third kappa shape index (κ3) is 3.62. The van der Waals surface area contributed by atoms with E-state index in [0.29, 0.717) is 13.2 Å². The van der Waals surface area contributed by atoms with Crippen LogP contribution in [0.5, 0.6) is 0 Å². The summed E-state index contributed by atoms with van der Waals surface area (Å²) in [5.74, 6) is -0.266. The molecule has 1 aliphatic rings. The Kier molecular flexibility index (Phi) is 4.65. The molecule has 1 heterocycles. The van der Waals surface area contributed by atoms with E-state index in [0.717, 1.165) is 30.0 Å². The minimum atomic E-state index is -0.266. The quantitative estimate of drug-likeness (QED) is 0.696. The molecule has 2 aromatic carbocycles. The van der Waals surface area contributed by atoms with Gasteiger partial charge in [0, 0.05) is 24.3 Å². The second-order valence-electron chi connectivity index (χ2n) is 5.04. The molecule has 0 saturated carbocycles. The molecule has 2 aromatic rings. The number of benzene rings is 2. The fraction of sp³-hybridized carbons (Fsp3) is 0.235. The Balaban J connectivity index is 1.78. The van der Waals surface area contributed by atoms with E-state index < -0.39 is 0 Å². The van der Waals surface area contributed by atoms with E-state index in [-0.39, 0.29) is 5.82 Å². The Morgan fingerprint density at radius 3 is 2.64 bits per heavy atom. The first-order valence-electron chi connectivity index (χ1n) is 7.29. The molecule has 1 N–H and O–H groups in total. The molecule has 3 rings (SSSR count). The Morgan fingerprint density at radius 1 is 1.09 bits per heavy atom. The number of nitrogens with zero attached hydrogens (tertiary/aromatic N) is 2. The highest BCUT2D eigenvalue weighted by Gasteiger charge is 2.14. The summed E-state index contributed by atoms with van der Waals surface area (Å²) in [6.45, 7) is 2.99. The van der Waals surface area contributed by atoms with Crippen LogP contribution in [-0.4, -0.2) is 32.5 Å². The maximum Gasteiger partial charge on any atom is 0.124 e. The highest BCUT2D eigenvalue weighted by Crippen LogP contribution is 2.21. The summed E-state index contributed by atoms with van der Waals surface area (Å²) in [6.07, 6.45) is 1.65. The zero-order valence-electron chi connectivity index (χ0n) is 12.2. The summed E-state index contributed by atoms with van der Waals surface area (Å²) in [6, 6.07) is 14.4. The summed E-state index contributed by atoms with van der Waals surface area (Å²) in [7, 11) is 0. The average molecular weight is 299 g/mol. The number of morpholine rings is 1. The highest BCUT2D eigenvalue weighted by atomic mass is 19.1. The van der Waals surface area contributed by atoms with Crippen molar-refractivity contribution in [3.63, 3.8) is 0 Å². The van der Waals surface area contributed by atoms with Crippen molar-refractivity contribution in [2.45, 2.75) is 0 Å². The lowest BCUT2D eigenvalue weighted by Crippen LogP contribution is -2.36. The van der Waals surface area contributed by atoms with Crippen molar-refractivity contribution in [1.82, 2.24) is 0 Å². The highest BCUT2D eigenvalue weighted by molar-refractivity contribution is 5.88. The molecular weight excluding hydrogens is 281 g/mol. The molecule has 0 radical (unpaired) electrons. The van der Waals surface area contributed by atoms with Gasteiger partial charge in [-0.2, -0.15) is 5.10 Å². The summed E-state index contributed by atoms with van der Waals surface area (Å²) in [5, 5.41) is 4.21. The van der Waals surface area contributed by atoms with E-state index in [9.17, 15) is 4.39 Å². The van der Waals surface area contributed by atoms with Gasteiger partial charge in [0.25, 0.3) is 0 Å². The van der Waals surface area contributed by atoms with Crippen LogP contribution in [0.3, 0.4) is 0 Å². The van der Waals surface area contributed by atoms with Crippen molar-refractivity contribution in [3.05, 3.63) is 59.9 Å². The van der Waals surface area contributed by atoms with Crippen molar-refractivity contribution < 1.29 is 9.13 Å². The minimum absolute atomic E-state index is 0.266.